The molecule has 0 fully saturated rings. The summed E-state index contributed by atoms with van der Waals surface area (Å²) in [5, 5.41) is -0.229. The van der Waals surface area contributed by atoms with Crippen molar-refractivity contribution in [3.8, 4) is 11.3 Å². The van der Waals surface area contributed by atoms with Crippen molar-refractivity contribution in [1.29, 1.82) is 0 Å². The molecular formula is C12H8ClF3N2. The van der Waals surface area contributed by atoms with Crippen molar-refractivity contribution in [3.05, 3.63) is 46.9 Å². The number of rotatable bonds is 1. The largest absolute Gasteiger partial charge is 0.451 e. The summed E-state index contributed by atoms with van der Waals surface area (Å²) in [7, 11) is 0. The van der Waals surface area contributed by atoms with Crippen LogP contribution in [0.2, 0.25) is 5.15 Å². The van der Waals surface area contributed by atoms with Gasteiger partial charge in [-0.1, -0.05) is 41.4 Å². The number of hydrogen-bond donors (Lipinski definition) is 0. The Bertz CT molecular complexity index is 565. The summed E-state index contributed by atoms with van der Waals surface area (Å²) in [6.07, 6.45) is -4.61. The van der Waals surface area contributed by atoms with Gasteiger partial charge in [0.25, 0.3) is 0 Å². The summed E-state index contributed by atoms with van der Waals surface area (Å²) >= 11 is 5.59. The molecular weight excluding hydrogens is 265 g/mol. The lowest BCUT2D eigenvalue weighted by molar-refractivity contribution is -0.144. The van der Waals surface area contributed by atoms with E-state index in [2.05, 4.69) is 9.97 Å². The summed E-state index contributed by atoms with van der Waals surface area (Å²) in [4.78, 5) is 6.66. The van der Waals surface area contributed by atoms with E-state index in [9.17, 15) is 13.2 Å². The lowest BCUT2D eigenvalue weighted by atomic mass is 10.1. The maximum atomic E-state index is 12.5. The highest BCUT2D eigenvalue weighted by Crippen LogP contribution is 2.29. The molecule has 2 rings (SSSR count). The van der Waals surface area contributed by atoms with Gasteiger partial charge in [-0.3, -0.25) is 0 Å². The number of nitrogens with zero attached hydrogens (tertiary/aromatic N) is 2. The van der Waals surface area contributed by atoms with Crippen LogP contribution < -0.4 is 0 Å². The maximum Gasteiger partial charge on any atom is 0.451 e. The molecule has 2 aromatic rings. The third kappa shape index (κ3) is 2.79. The van der Waals surface area contributed by atoms with E-state index in [1.54, 1.807) is 24.3 Å². The number of halogens is 4. The molecule has 0 amide bonds. The Morgan fingerprint density at radius 2 is 1.67 bits per heavy atom. The normalized spacial score (nSPS) is 11.6. The van der Waals surface area contributed by atoms with Gasteiger partial charge in [0.05, 0.1) is 5.69 Å². The van der Waals surface area contributed by atoms with E-state index in [0.29, 0.717) is 5.56 Å². The predicted octanol–water partition coefficient (Wildman–Crippen LogP) is 4.12. The van der Waals surface area contributed by atoms with E-state index in [-0.39, 0.29) is 10.8 Å². The minimum absolute atomic E-state index is 0.155. The lowest BCUT2D eigenvalue weighted by Gasteiger charge is -2.08. The van der Waals surface area contributed by atoms with Crippen molar-refractivity contribution >= 4 is 11.6 Å². The van der Waals surface area contributed by atoms with Crippen LogP contribution >= 0.6 is 11.6 Å². The number of alkyl halides is 3. The first kappa shape index (κ1) is 12.8. The van der Waals surface area contributed by atoms with Crippen molar-refractivity contribution in [2.45, 2.75) is 13.1 Å². The number of benzene rings is 1. The van der Waals surface area contributed by atoms with Crippen LogP contribution in [0.25, 0.3) is 11.3 Å². The van der Waals surface area contributed by atoms with Crippen LogP contribution in [0.1, 0.15) is 11.4 Å². The first-order valence-electron chi connectivity index (χ1n) is 5.05. The zero-order valence-electron chi connectivity index (χ0n) is 9.29. The average Bonchev–Trinajstić information content (AvgIpc) is 2.28. The van der Waals surface area contributed by atoms with Gasteiger partial charge >= 0.3 is 6.18 Å². The van der Waals surface area contributed by atoms with E-state index in [4.69, 9.17) is 11.6 Å². The molecule has 0 bridgehead atoms. The van der Waals surface area contributed by atoms with Crippen molar-refractivity contribution in [1.82, 2.24) is 9.97 Å². The van der Waals surface area contributed by atoms with Crippen molar-refractivity contribution in [2.75, 3.05) is 0 Å². The Morgan fingerprint density at radius 1 is 1.06 bits per heavy atom. The molecule has 6 heteroatoms. The first-order valence-corrected chi connectivity index (χ1v) is 5.43. The Kier molecular flexibility index (Phi) is 3.26. The van der Waals surface area contributed by atoms with E-state index in [0.717, 1.165) is 5.56 Å². The first-order chi connectivity index (χ1) is 8.36. The van der Waals surface area contributed by atoms with Gasteiger partial charge in [-0.2, -0.15) is 13.2 Å². The molecule has 0 unspecified atom stereocenters. The zero-order valence-corrected chi connectivity index (χ0v) is 10.0. The van der Waals surface area contributed by atoms with Crippen molar-refractivity contribution in [2.24, 2.45) is 0 Å². The minimum Gasteiger partial charge on any atom is -0.224 e. The van der Waals surface area contributed by atoms with Crippen LogP contribution in [-0.4, -0.2) is 9.97 Å². The zero-order chi connectivity index (χ0) is 13.3. The van der Waals surface area contributed by atoms with E-state index in [1.807, 2.05) is 6.92 Å². The van der Waals surface area contributed by atoms with Gasteiger partial charge in [-0.05, 0) is 6.92 Å². The molecule has 0 saturated carbocycles. The molecule has 18 heavy (non-hydrogen) atoms. The molecule has 0 radical (unpaired) electrons. The van der Waals surface area contributed by atoms with Gasteiger partial charge in [0.1, 0.15) is 5.15 Å². The van der Waals surface area contributed by atoms with Crippen LogP contribution in [0.5, 0.6) is 0 Å². The highest BCUT2D eigenvalue weighted by atomic mass is 35.5. The smallest absolute Gasteiger partial charge is 0.224 e. The highest BCUT2D eigenvalue weighted by molar-refractivity contribution is 6.29. The van der Waals surface area contributed by atoms with Crippen LogP contribution in [-0.2, 0) is 6.18 Å². The summed E-state index contributed by atoms with van der Waals surface area (Å²) in [6.45, 7) is 1.89. The summed E-state index contributed by atoms with van der Waals surface area (Å²) in [6, 6.07) is 8.26. The molecule has 94 valence electrons. The van der Waals surface area contributed by atoms with E-state index in [1.165, 1.54) is 6.07 Å². The molecule has 0 aliphatic carbocycles. The van der Waals surface area contributed by atoms with Gasteiger partial charge in [-0.15, -0.1) is 0 Å². The maximum absolute atomic E-state index is 12.5. The summed E-state index contributed by atoms with van der Waals surface area (Å²) < 4.78 is 37.6. The molecule has 2 nitrogen and oxygen atoms in total. The van der Waals surface area contributed by atoms with Gasteiger partial charge < -0.3 is 0 Å². The Hall–Kier alpha value is -1.62. The Balaban J connectivity index is 2.52. The minimum atomic E-state index is -4.61. The molecule has 0 N–H and O–H groups in total. The molecule has 1 aromatic heterocycles. The van der Waals surface area contributed by atoms with Crippen LogP contribution in [0.3, 0.4) is 0 Å². The highest BCUT2D eigenvalue weighted by Gasteiger charge is 2.35. The van der Waals surface area contributed by atoms with Crippen LogP contribution in [0, 0.1) is 6.92 Å². The Labute approximate surface area is 106 Å². The van der Waals surface area contributed by atoms with Crippen molar-refractivity contribution in [3.63, 3.8) is 0 Å². The fourth-order valence-electron chi connectivity index (χ4n) is 1.42. The molecule has 0 aliphatic heterocycles. The number of aromatic nitrogens is 2. The molecule has 0 atom stereocenters. The Morgan fingerprint density at radius 3 is 2.22 bits per heavy atom. The second-order valence-electron chi connectivity index (χ2n) is 3.76. The number of hydrogen-bond acceptors (Lipinski definition) is 2. The molecule has 1 heterocycles. The monoisotopic (exact) mass is 272 g/mol. The van der Waals surface area contributed by atoms with Gasteiger partial charge in [0.15, 0.2) is 0 Å². The molecule has 0 aliphatic rings. The summed E-state index contributed by atoms with van der Waals surface area (Å²) in [5.74, 6) is -1.23. The quantitative estimate of drug-likeness (QED) is 0.730. The molecule has 0 spiro atoms. The van der Waals surface area contributed by atoms with E-state index < -0.39 is 12.0 Å². The lowest BCUT2D eigenvalue weighted by Crippen LogP contribution is -2.11. The molecule has 0 saturated heterocycles. The number of aryl methyl sites for hydroxylation is 1. The fourth-order valence-corrected chi connectivity index (χ4v) is 1.60. The third-order valence-electron chi connectivity index (χ3n) is 2.30. The molecule has 1 aromatic carbocycles. The third-order valence-corrected chi connectivity index (χ3v) is 2.49. The standard InChI is InChI=1S/C12H8ClF3N2/c1-7-2-4-8(5-3-7)9-6-10(13)18-11(17-9)12(14,15)16/h2-6H,1H3. The topological polar surface area (TPSA) is 25.8 Å². The predicted molar refractivity (Wildman–Crippen MR) is 62.2 cm³/mol. The summed E-state index contributed by atoms with van der Waals surface area (Å²) in [5.41, 5.74) is 1.73. The van der Waals surface area contributed by atoms with Crippen molar-refractivity contribution < 1.29 is 13.2 Å². The van der Waals surface area contributed by atoms with Crippen LogP contribution in [0.4, 0.5) is 13.2 Å². The van der Waals surface area contributed by atoms with Gasteiger partial charge in [0, 0.05) is 11.6 Å². The average molecular weight is 273 g/mol. The van der Waals surface area contributed by atoms with Gasteiger partial charge in [0.2, 0.25) is 5.82 Å². The fraction of sp³-hybridized carbons (Fsp3) is 0.167. The van der Waals surface area contributed by atoms with Crippen LogP contribution in [0.15, 0.2) is 30.3 Å². The SMILES string of the molecule is Cc1ccc(-c2cc(Cl)nc(C(F)(F)F)n2)cc1. The van der Waals surface area contributed by atoms with Gasteiger partial charge in [-0.25, -0.2) is 9.97 Å². The van der Waals surface area contributed by atoms with E-state index >= 15 is 0 Å². The second kappa shape index (κ2) is 4.57. The second-order valence-corrected chi connectivity index (χ2v) is 4.15.